The summed E-state index contributed by atoms with van der Waals surface area (Å²) in [6, 6.07) is 0. The Morgan fingerprint density at radius 2 is 0.964 bits per heavy atom. The zero-order valence-corrected chi connectivity index (χ0v) is 19.0. The second kappa shape index (κ2) is 13.7. The molecule has 0 aromatic carbocycles. The minimum Gasteiger partial charge on any atom is -0.466 e. The van der Waals surface area contributed by atoms with Crippen molar-refractivity contribution >= 4 is 17.7 Å². The first-order chi connectivity index (χ1) is 13.1. The molecule has 0 spiro atoms. The first-order valence-electron chi connectivity index (χ1n) is 10.9. The molecule has 0 amide bonds. The van der Waals surface area contributed by atoms with Crippen molar-refractivity contribution in [3.63, 3.8) is 0 Å². The minimum atomic E-state index is -0.447. The van der Waals surface area contributed by atoms with Gasteiger partial charge in [-0.2, -0.15) is 0 Å². The normalized spacial score (nSPS) is 11.9. The zero-order chi connectivity index (χ0) is 21.6. The molecule has 28 heavy (non-hydrogen) atoms. The zero-order valence-electron chi connectivity index (χ0n) is 19.0. The third-order valence-electron chi connectivity index (χ3n) is 5.17. The van der Waals surface area contributed by atoms with E-state index in [1.807, 2.05) is 41.5 Å². The van der Waals surface area contributed by atoms with Gasteiger partial charge in [0, 0.05) is 12.8 Å². The van der Waals surface area contributed by atoms with Crippen LogP contribution in [0.25, 0.3) is 0 Å². The number of ether oxygens (including phenoxy) is 2. The lowest BCUT2D eigenvalue weighted by Crippen LogP contribution is -2.26. The predicted molar refractivity (Wildman–Crippen MR) is 112 cm³/mol. The van der Waals surface area contributed by atoms with Gasteiger partial charge in [0.05, 0.1) is 24.0 Å². The van der Waals surface area contributed by atoms with Gasteiger partial charge in [-0.25, -0.2) is 0 Å². The van der Waals surface area contributed by atoms with E-state index in [1.54, 1.807) is 0 Å². The molecule has 0 aliphatic rings. The second-order valence-corrected chi connectivity index (χ2v) is 8.87. The summed E-state index contributed by atoms with van der Waals surface area (Å²) in [6.07, 6.45) is 8.37. The van der Waals surface area contributed by atoms with Crippen molar-refractivity contribution in [3.05, 3.63) is 0 Å². The third-order valence-corrected chi connectivity index (χ3v) is 5.17. The van der Waals surface area contributed by atoms with Gasteiger partial charge in [0.1, 0.15) is 5.78 Å². The maximum atomic E-state index is 12.0. The van der Waals surface area contributed by atoms with Crippen LogP contribution in [0.15, 0.2) is 0 Å². The van der Waals surface area contributed by atoms with Gasteiger partial charge in [-0.3, -0.25) is 14.4 Å². The van der Waals surface area contributed by atoms with Gasteiger partial charge in [0.15, 0.2) is 0 Å². The Bertz CT molecular complexity index is 437. The molecule has 0 saturated carbocycles. The molecular weight excluding hydrogens is 356 g/mol. The SMILES string of the molecule is CCOC(=O)C(C)(C)CCCCCC(=O)CCCCCC(C)(C)C(=O)OCC. The molecule has 0 rings (SSSR count). The van der Waals surface area contributed by atoms with Crippen molar-refractivity contribution < 1.29 is 23.9 Å². The van der Waals surface area contributed by atoms with E-state index >= 15 is 0 Å². The molecule has 0 atom stereocenters. The summed E-state index contributed by atoms with van der Waals surface area (Å²) in [6.45, 7) is 12.1. The van der Waals surface area contributed by atoms with E-state index in [0.29, 0.717) is 31.8 Å². The van der Waals surface area contributed by atoms with Gasteiger partial charge in [0.2, 0.25) is 0 Å². The Hall–Kier alpha value is -1.39. The standard InChI is InChI=1S/C23H42O5/c1-7-27-20(25)22(3,4)17-13-9-11-15-19(24)16-12-10-14-18-23(5,6)21(26)28-8-2/h7-18H2,1-6H3. The predicted octanol–water partition coefficient (Wildman–Crippen LogP) is 5.64. The fraction of sp³-hybridized carbons (Fsp3) is 0.870. The van der Waals surface area contributed by atoms with Crippen LogP contribution >= 0.6 is 0 Å². The van der Waals surface area contributed by atoms with Crippen molar-refractivity contribution in [1.29, 1.82) is 0 Å². The van der Waals surface area contributed by atoms with E-state index in [2.05, 4.69) is 0 Å². The smallest absolute Gasteiger partial charge is 0.311 e. The summed E-state index contributed by atoms with van der Waals surface area (Å²) in [5, 5.41) is 0. The molecule has 0 N–H and O–H groups in total. The highest BCUT2D eigenvalue weighted by Crippen LogP contribution is 2.27. The topological polar surface area (TPSA) is 69.7 Å². The fourth-order valence-corrected chi connectivity index (χ4v) is 3.11. The fourth-order valence-electron chi connectivity index (χ4n) is 3.11. The summed E-state index contributed by atoms with van der Waals surface area (Å²) in [5.41, 5.74) is -0.894. The Morgan fingerprint density at radius 1 is 0.607 bits per heavy atom. The summed E-state index contributed by atoms with van der Waals surface area (Å²) in [7, 11) is 0. The van der Waals surface area contributed by atoms with Crippen LogP contribution in [-0.4, -0.2) is 30.9 Å². The van der Waals surface area contributed by atoms with E-state index < -0.39 is 10.8 Å². The van der Waals surface area contributed by atoms with Crippen molar-refractivity contribution in [3.8, 4) is 0 Å². The second-order valence-electron chi connectivity index (χ2n) is 8.87. The van der Waals surface area contributed by atoms with E-state index in [1.165, 1.54) is 0 Å². The van der Waals surface area contributed by atoms with Crippen LogP contribution in [0, 0.1) is 10.8 Å². The molecule has 0 bridgehead atoms. The van der Waals surface area contributed by atoms with E-state index in [9.17, 15) is 14.4 Å². The highest BCUT2D eigenvalue weighted by molar-refractivity contribution is 5.78. The van der Waals surface area contributed by atoms with E-state index in [-0.39, 0.29) is 11.9 Å². The van der Waals surface area contributed by atoms with Crippen molar-refractivity contribution in [1.82, 2.24) is 0 Å². The molecule has 0 radical (unpaired) electrons. The first kappa shape index (κ1) is 26.6. The number of carbonyl (C=O) groups excluding carboxylic acids is 3. The molecule has 164 valence electrons. The van der Waals surface area contributed by atoms with Crippen molar-refractivity contribution in [2.24, 2.45) is 10.8 Å². The van der Waals surface area contributed by atoms with Crippen LogP contribution in [0.4, 0.5) is 0 Å². The van der Waals surface area contributed by atoms with E-state index in [0.717, 1.165) is 51.4 Å². The Labute approximate surface area is 171 Å². The maximum absolute atomic E-state index is 12.0. The van der Waals surface area contributed by atoms with Crippen LogP contribution in [0.3, 0.4) is 0 Å². The number of Topliss-reactive ketones (excluding diaryl/α,β-unsaturated/α-hetero) is 1. The molecular formula is C23H42O5. The first-order valence-corrected chi connectivity index (χ1v) is 10.9. The summed E-state index contributed by atoms with van der Waals surface area (Å²) >= 11 is 0. The number of carbonyl (C=O) groups is 3. The lowest BCUT2D eigenvalue weighted by molar-refractivity contribution is -0.154. The van der Waals surface area contributed by atoms with Gasteiger partial charge < -0.3 is 9.47 Å². The van der Waals surface area contributed by atoms with Gasteiger partial charge >= 0.3 is 11.9 Å². The number of esters is 2. The number of unbranched alkanes of at least 4 members (excludes halogenated alkanes) is 4. The number of hydrogen-bond donors (Lipinski definition) is 0. The monoisotopic (exact) mass is 398 g/mol. The van der Waals surface area contributed by atoms with Gasteiger partial charge in [-0.1, -0.05) is 25.7 Å². The van der Waals surface area contributed by atoms with Gasteiger partial charge in [0.25, 0.3) is 0 Å². The molecule has 0 aromatic rings. The Morgan fingerprint density at radius 3 is 1.29 bits per heavy atom. The molecule has 5 heteroatoms. The summed E-state index contributed by atoms with van der Waals surface area (Å²) < 4.78 is 10.2. The number of ketones is 1. The van der Waals surface area contributed by atoms with Crippen LogP contribution in [0.1, 0.15) is 106 Å². The average molecular weight is 399 g/mol. The average Bonchev–Trinajstić information content (AvgIpc) is 2.61. The summed E-state index contributed by atoms with van der Waals surface area (Å²) in [5.74, 6) is 0.0312. The van der Waals surface area contributed by atoms with Crippen LogP contribution in [0.5, 0.6) is 0 Å². The molecule has 0 aromatic heterocycles. The van der Waals surface area contributed by atoms with Crippen LogP contribution in [-0.2, 0) is 23.9 Å². The van der Waals surface area contributed by atoms with Crippen molar-refractivity contribution in [2.45, 2.75) is 106 Å². The molecule has 5 nitrogen and oxygen atoms in total. The lowest BCUT2D eigenvalue weighted by Gasteiger charge is -2.22. The van der Waals surface area contributed by atoms with Crippen LogP contribution < -0.4 is 0 Å². The molecule has 0 aliphatic heterocycles. The van der Waals surface area contributed by atoms with Crippen molar-refractivity contribution in [2.75, 3.05) is 13.2 Å². The Balaban J connectivity index is 3.79. The largest absolute Gasteiger partial charge is 0.466 e. The molecule has 0 aliphatic carbocycles. The number of hydrogen-bond acceptors (Lipinski definition) is 5. The molecule has 0 unspecified atom stereocenters. The molecule has 0 fully saturated rings. The van der Waals surface area contributed by atoms with E-state index in [4.69, 9.17) is 9.47 Å². The van der Waals surface area contributed by atoms with Crippen LogP contribution in [0.2, 0.25) is 0 Å². The van der Waals surface area contributed by atoms with Gasteiger partial charge in [-0.05, 0) is 67.2 Å². The highest BCUT2D eigenvalue weighted by atomic mass is 16.5. The summed E-state index contributed by atoms with van der Waals surface area (Å²) in [4.78, 5) is 35.7. The maximum Gasteiger partial charge on any atom is 0.311 e. The minimum absolute atomic E-state index is 0.141. The molecule has 0 heterocycles. The lowest BCUT2D eigenvalue weighted by atomic mass is 9.86. The number of rotatable bonds is 16. The quantitative estimate of drug-likeness (QED) is 0.249. The molecule has 0 saturated heterocycles. The van der Waals surface area contributed by atoms with Gasteiger partial charge in [-0.15, -0.1) is 0 Å². The Kier molecular flexibility index (Phi) is 13.0. The third kappa shape index (κ3) is 11.5. The highest BCUT2D eigenvalue weighted by Gasteiger charge is 2.29.